The Morgan fingerprint density at radius 1 is 0.828 bits per heavy atom. The summed E-state index contributed by atoms with van der Waals surface area (Å²) in [4.78, 5) is 9.40. The Bertz CT molecular complexity index is 1410. The number of allylic oxidation sites excluding steroid dienone is 4. The molecule has 4 aromatic carbocycles. The third-order valence-electron chi connectivity index (χ3n) is 5.46. The number of rotatable bonds is 4. The fraction of sp³-hybridized carbons (Fsp3) is 0.0370. The molecule has 5 aromatic rings. The number of hydrogen-bond donors (Lipinski definition) is 0. The first-order valence-electron chi connectivity index (χ1n) is 9.68. The second-order valence-corrected chi connectivity index (χ2v) is 7.18. The van der Waals surface area contributed by atoms with Crippen LogP contribution < -0.4 is 0 Å². The summed E-state index contributed by atoms with van der Waals surface area (Å²) >= 11 is 0. The van der Waals surface area contributed by atoms with Gasteiger partial charge < -0.3 is 0 Å². The van der Waals surface area contributed by atoms with E-state index in [4.69, 9.17) is 9.97 Å². The van der Waals surface area contributed by atoms with E-state index in [0.29, 0.717) is 0 Å². The van der Waals surface area contributed by atoms with E-state index in [-0.39, 0.29) is 0 Å². The van der Waals surface area contributed by atoms with Gasteiger partial charge in [0.15, 0.2) is 0 Å². The summed E-state index contributed by atoms with van der Waals surface area (Å²) in [5.41, 5.74) is 6.53. The molecule has 0 aliphatic heterocycles. The maximum absolute atomic E-state index is 4.70. The normalized spacial score (nSPS) is 12.1. The van der Waals surface area contributed by atoms with Crippen LogP contribution in [0.4, 0.5) is 0 Å². The lowest BCUT2D eigenvalue weighted by Crippen LogP contribution is -1.96. The molecule has 2 nitrogen and oxygen atoms in total. The Balaban J connectivity index is 2.04. The van der Waals surface area contributed by atoms with E-state index in [1.165, 1.54) is 27.3 Å². The van der Waals surface area contributed by atoms with E-state index in [2.05, 4.69) is 67.8 Å². The van der Waals surface area contributed by atoms with E-state index in [9.17, 15) is 0 Å². The van der Waals surface area contributed by atoms with Crippen molar-refractivity contribution in [3.8, 4) is 11.1 Å². The topological polar surface area (TPSA) is 25.8 Å². The Labute approximate surface area is 169 Å². The molecule has 138 valence electrons. The zero-order valence-electron chi connectivity index (χ0n) is 16.3. The van der Waals surface area contributed by atoms with Gasteiger partial charge in [-0.2, -0.15) is 0 Å². The van der Waals surface area contributed by atoms with Crippen LogP contribution in [-0.4, -0.2) is 9.97 Å². The van der Waals surface area contributed by atoms with Crippen molar-refractivity contribution in [1.82, 2.24) is 9.97 Å². The first kappa shape index (κ1) is 17.3. The Morgan fingerprint density at radius 2 is 1.52 bits per heavy atom. The minimum Gasteiger partial charge on any atom is -0.233 e. The predicted molar refractivity (Wildman–Crippen MR) is 124 cm³/mol. The van der Waals surface area contributed by atoms with Gasteiger partial charge in [-0.05, 0) is 58.2 Å². The molecule has 29 heavy (non-hydrogen) atoms. The number of aromatic nitrogens is 2. The van der Waals surface area contributed by atoms with Gasteiger partial charge in [0.25, 0.3) is 0 Å². The maximum atomic E-state index is 4.70. The van der Waals surface area contributed by atoms with Gasteiger partial charge in [-0.25, -0.2) is 9.97 Å². The summed E-state index contributed by atoms with van der Waals surface area (Å²) in [7, 11) is 0. The van der Waals surface area contributed by atoms with Gasteiger partial charge in [0, 0.05) is 10.8 Å². The molecular formula is C27H20N2. The van der Waals surface area contributed by atoms with Gasteiger partial charge in [0.1, 0.15) is 5.82 Å². The van der Waals surface area contributed by atoms with Crippen LogP contribution >= 0.6 is 0 Å². The molecule has 0 amide bonds. The van der Waals surface area contributed by atoms with Crippen LogP contribution in [0.1, 0.15) is 11.4 Å². The van der Waals surface area contributed by atoms with Crippen LogP contribution in [0.3, 0.4) is 0 Å². The number of nitrogens with zero attached hydrogens (tertiary/aromatic N) is 2. The van der Waals surface area contributed by atoms with E-state index in [1.807, 2.05) is 31.2 Å². The number of hydrogen-bond acceptors (Lipinski definition) is 2. The zero-order valence-corrected chi connectivity index (χ0v) is 16.3. The van der Waals surface area contributed by atoms with Crippen LogP contribution in [-0.2, 0) is 0 Å². The minimum absolute atomic E-state index is 0.790. The fourth-order valence-corrected chi connectivity index (χ4v) is 4.26. The molecule has 0 unspecified atom stereocenters. The third kappa shape index (κ3) is 2.65. The molecule has 0 aliphatic carbocycles. The average molecular weight is 372 g/mol. The highest BCUT2D eigenvalue weighted by atomic mass is 14.9. The Kier molecular flexibility index (Phi) is 3.99. The molecule has 0 bridgehead atoms. The van der Waals surface area contributed by atoms with Gasteiger partial charge in [-0.3, -0.25) is 0 Å². The largest absolute Gasteiger partial charge is 0.233 e. The van der Waals surface area contributed by atoms with Gasteiger partial charge in [-0.15, -0.1) is 0 Å². The van der Waals surface area contributed by atoms with Crippen LogP contribution in [0.25, 0.3) is 49.3 Å². The van der Waals surface area contributed by atoms with Crippen molar-refractivity contribution in [3.05, 3.63) is 103 Å². The summed E-state index contributed by atoms with van der Waals surface area (Å²) in [6, 6.07) is 21.3. The van der Waals surface area contributed by atoms with Gasteiger partial charge in [0.2, 0.25) is 0 Å². The molecule has 0 saturated carbocycles. The molecule has 1 aromatic heterocycles. The molecular weight excluding hydrogens is 352 g/mol. The highest BCUT2D eigenvalue weighted by Crippen LogP contribution is 2.42. The van der Waals surface area contributed by atoms with Crippen LogP contribution in [0, 0.1) is 6.92 Å². The third-order valence-corrected chi connectivity index (χ3v) is 5.46. The molecule has 0 fully saturated rings. The zero-order chi connectivity index (χ0) is 20.0. The molecule has 5 rings (SSSR count). The maximum Gasteiger partial charge on any atom is 0.126 e. The van der Waals surface area contributed by atoms with Gasteiger partial charge >= 0.3 is 0 Å². The van der Waals surface area contributed by atoms with Crippen molar-refractivity contribution in [2.24, 2.45) is 0 Å². The Hall–Kier alpha value is -3.78. The minimum atomic E-state index is 0.790. The van der Waals surface area contributed by atoms with Crippen molar-refractivity contribution in [2.45, 2.75) is 6.92 Å². The highest BCUT2D eigenvalue weighted by molar-refractivity contribution is 6.26. The molecule has 0 saturated heterocycles. The van der Waals surface area contributed by atoms with E-state index < -0.39 is 0 Å². The fourth-order valence-electron chi connectivity index (χ4n) is 4.26. The van der Waals surface area contributed by atoms with Crippen molar-refractivity contribution < 1.29 is 0 Å². The summed E-state index contributed by atoms with van der Waals surface area (Å²) in [5.74, 6) is 0.790. The molecule has 1 heterocycles. The summed E-state index contributed by atoms with van der Waals surface area (Å²) in [5, 5.41) is 4.71. The van der Waals surface area contributed by atoms with E-state index in [0.717, 1.165) is 33.4 Å². The number of benzene rings is 4. The first-order chi connectivity index (χ1) is 14.2. The molecule has 0 radical (unpaired) electrons. The number of aryl methyl sites for hydroxylation is 1. The standard InChI is InChI=1S/C27H20N2/c1-4-9-18(5-2)22-16-23(19-10-7-6-8-11-19)21-13-15-25-27-24(28-17(3)29-25)14-12-20(22)26(21)27/h4-16H,1-2H2,3H3/b18-9+. The lowest BCUT2D eigenvalue weighted by molar-refractivity contribution is 1.12. The highest BCUT2D eigenvalue weighted by Gasteiger charge is 2.17. The molecule has 0 aliphatic rings. The van der Waals surface area contributed by atoms with Crippen LogP contribution in [0.2, 0.25) is 0 Å². The molecule has 0 atom stereocenters. The Morgan fingerprint density at radius 3 is 2.17 bits per heavy atom. The second-order valence-electron chi connectivity index (χ2n) is 7.18. The van der Waals surface area contributed by atoms with Crippen molar-refractivity contribution in [3.63, 3.8) is 0 Å². The van der Waals surface area contributed by atoms with Crippen LogP contribution in [0.5, 0.6) is 0 Å². The molecule has 2 heteroatoms. The van der Waals surface area contributed by atoms with Crippen molar-refractivity contribution >= 4 is 38.2 Å². The summed E-state index contributed by atoms with van der Waals surface area (Å²) in [6.07, 6.45) is 5.71. The SMILES string of the molecule is C=C/C=C(\C=C)c1cc(-c2ccccc2)c2ccc3nc(C)nc4ccc1c2c43. The van der Waals surface area contributed by atoms with Crippen molar-refractivity contribution in [2.75, 3.05) is 0 Å². The quantitative estimate of drug-likeness (QED) is 0.248. The van der Waals surface area contributed by atoms with Gasteiger partial charge in [0.05, 0.1) is 11.0 Å². The molecule has 0 N–H and O–H groups in total. The second kappa shape index (κ2) is 6.68. The van der Waals surface area contributed by atoms with E-state index >= 15 is 0 Å². The molecule has 0 spiro atoms. The predicted octanol–water partition coefficient (Wildman–Crippen LogP) is 7.10. The van der Waals surface area contributed by atoms with E-state index in [1.54, 1.807) is 0 Å². The lowest BCUT2D eigenvalue weighted by atomic mass is 9.87. The summed E-state index contributed by atoms with van der Waals surface area (Å²) < 4.78 is 0. The monoisotopic (exact) mass is 372 g/mol. The first-order valence-corrected chi connectivity index (χ1v) is 9.68. The van der Waals surface area contributed by atoms with Crippen molar-refractivity contribution in [1.29, 1.82) is 0 Å². The van der Waals surface area contributed by atoms with Crippen LogP contribution in [0.15, 0.2) is 92.0 Å². The van der Waals surface area contributed by atoms with Gasteiger partial charge in [-0.1, -0.05) is 73.9 Å². The average Bonchev–Trinajstić information content (AvgIpc) is 2.75. The lowest BCUT2D eigenvalue weighted by Gasteiger charge is -2.18. The summed E-state index contributed by atoms with van der Waals surface area (Å²) in [6.45, 7) is 9.86. The smallest absolute Gasteiger partial charge is 0.126 e.